The Morgan fingerprint density at radius 2 is 1.80 bits per heavy atom. The van der Waals surface area contributed by atoms with E-state index in [1.165, 1.54) is 0 Å². The zero-order chi connectivity index (χ0) is 18.2. The van der Waals surface area contributed by atoms with Crippen molar-refractivity contribution in [2.45, 2.75) is 18.6 Å². The SMILES string of the molecule is O=C(NCCCCl)[C@H](O)[C@@H](O)C(=O)Nc1ccc(-c2cc[nH]n2)cc1. The molecule has 0 radical (unpaired) electrons. The number of aromatic nitrogens is 2. The van der Waals surface area contributed by atoms with Crippen molar-refractivity contribution in [2.75, 3.05) is 17.7 Å². The lowest BCUT2D eigenvalue weighted by atomic mass is 10.1. The molecule has 2 amide bonds. The van der Waals surface area contributed by atoms with E-state index in [2.05, 4.69) is 20.8 Å². The molecule has 2 rings (SSSR count). The molecule has 5 N–H and O–H groups in total. The number of amides is 2. The molecule has 0 aliphatic rings. The van der Waals surface area contributed by atoms with E-state index in [0.717, 1.165) is 11.3 Å². The second-order valence-electron chi connectivity index (χ2n) is 5.25. The molecule has 9 heteroatoms. The molecule has 0 fully saturated rings. The Bertz CT molecular complexity index is 691. The van der Waals surface area contributed by atoms with Gasteiger partial charge in [0.25, 0.3) is 11.8 Å². The largest absolute Gasteiger partial charge is 0.380 e. The molecule has 0 bridgehead atoms. The van der Waals surface area contributed by atoms with Crippen LogP contribution in [0.25, 0.3) is 11.3 Å². The number of aromatic amines is 1. The van der Waals surface area contributed by atoms with Crippen LogP contribution in [-0.4, -0.2) is 56.9 Å². The summed E-state index contributed by atoms with van der Waals surface area (Å²) in [5, 5.41) is 31.1. The third kappa shape index (κ3) is 5.28. The molecular formula is C16H19ClN4O4. The van der Waals surface area contributed by atoms with Crippen molar-refractivity contribution in [1.29, 1.82) is 0 Å². The van der Waals surface area contributed by atoms with Gasteiger partial charge in [-0.25, -0.2) is 0 Å². The molecular weight excluding hydrogens is 348 g/mol. The van der Waals surface area contributed by atoms with Crippen LogP contribution in [0, 0.1) is 0 Å². The molecule has 0 saturated carbocycles. The highest BCUT2D eigenvalue weighted by atomic mass is 35.5. The summed E-state index contributed by atoms with van der Waals surface area (Å²) in [6, 6.07) is 8.54. The summed E-state index contributed by atoms with van der Waals surface area (Å²) < 4.78 is 0. The Morgan fingerprint density at radius 3 is 2.40 bits per heavy atom. The van der Waals surface area contributed by atoms with Crippen LogP contribution in [0.2, 0.25) is 0 Å². The molecule has 0 saturated heterocycles. The van der Waals surface area contributed by atoms with Crippen LogP contribution in [0.1, 0.15) is 6.42 Å². The first-order chi connectivity index (χ1) is 12.0. The van der Waals surface area contributed by atoms with Gasteiger partial charge in [-0.3, -0.25) is 14.7 Å². The van der Waals surface area contributed by atoms with Crippen molar-refractivity contribution in [3.63, 3.8) is 0 Å². The van der Waals surface area contributed by atoms with Gasteiger partial charge in [0, 0.05) is 29.9 Å². The number of rotatable bonds is 8. The minimum Gasteiger partial charge on any atom is -0.380 e. The Kier molecular flexibility index (Phi) is 6.93. The molecule has 2 atom stereocenters. The van der Waals surface area contributed by atoms with Gasteiger partial charge in [-0.15, -0.1) is 11.6 Å². The van der Waals surface area contributed by atoms with E-state index in [0.29, 0.717) is 18.0 Å². The predicted molar refractivity (Wildman–Crippen MR) is 93.0 cm³/mol. The standard InChI is InChI=1S/C16H19ClN4O4/c17-7-1-8-18-15(24)13(22)14(23)16(25)20-11-4-2-10(3-5-11)12-6-9-19-21-12/h2-6,9,13-14,22-23H,1,7-8H2,(H,18,24)(H,19,21)(H,20,25)/t13-,14-/m1/s1. The van der Waals surface area contributed by atoms with Crippen molar-refractivity contribution in [1.82, 2.24) is 15.5 Å². The number of nitrogens with zero attached hydrogens (tertiary/aromatic N) is 1. The average Bonchev–Trinajstić information content (AvgIpc) is 3.15. The highest BCUT2D eigenvalue weighted by Gasteiger charge is 2.30. The van der Waals surface area contributed by atoms with E-state index >= 15 is 0 Å². The number of halogens is 1. The first kappa shape index (κ1) is 18.9. The number of nitrogens with one attached hydrogen (secondary N) is 3. The maximum Gasteiger partial charge on any atom is 0.256 e. The zero-order valence-corrected chi connectivity index (χ0v) is 14.0. The van der Waals surface area contributed by atoms with Gasteiger partial charge >= 0.3 is 0 Å². The first-order valence-electron chi connectivity index (χ1n) is 7.64. The van der Waals surface area contributed by atoms with Crippen LogP contribution < -0.4 is 10.6 Å². The van der Waals surface area contributed by atoms with Gasteiger partial charge in [0.2, 0.25) is 0 Å². The second kappa shape index (κ2) is 9.16. The monoisotopic (exact) mass is 366 g/mol. The quantitative estimate of drug-likeness (QED) is 0.343. The van der Waals surface area contributed by atoms with E-state index in [-0.39, 0.29) is 6.54 Å². The van der Waals surface area contributed by atoms with Crippen LogP contribution in [0.5, 0.6) is 0 Å². The van der Waals surface area contributed by atoms with E-state index in [9.17, 15) is 19.8 Å². The molecule has 1 aromatic heterocycles. The lowest BCUT2D eigenvalue weighted by molar-refractivity contribution is -0.143. The van der Waals surface area contributed by atoms with Gasteiger partial charge in [-0.1, -0.05) is 12.1 Å². The molecule has 0 unspecified atom stereocenters. The third-order valence-electron chi connectivity index (χ3n) is 3.39. The fourth-order valence-corrected chi connectivity index (χ4v) is 2.16. The van der Waals surface area contributed by atoms with Gasteiger partial charge in [0.05, 0.1) is 5.69 Å². The first-order valence-corrected chi connectivity index (χ1v) is 8.17. The van der Waals surface area contributed by atoms with Crippen LogP contribution in [0.15, 0.2) is 36.5 Å². The van der Waals surface area contributed by atoms with Crippen molar-refractivity contribution < 1.29 is 19.8 Å². The number of aliphatic hydroxyl groups is 2. The minimum absolute atomic E-state index is 0.252. The summed E-state index contributed by atoms with van der Waals surface area (Å²) in [6.07, 6.45) is -1.54. The summed E-state index contributed by atoms with van der Waals surface area (Å²) >= 11 is 5.48. The lowest BCUT2D eigenvalue weighted by Crippen LogP contribution is -2.47. The second-order valence-corrected chi connectivity index (χ2v) is 5.63. The molecule has 1 heterocycles. The maximum absolute atomic E-state index is 12.0. The Morgan fingerprint density at radius 1 is 1.12 bits per heavy atom. The number of alkyl halides is 1. The number of carbonyl (C=O) groups excluding carboxylic acids is 2. The molecule has 1 aromatic carbocycles. The Balaban J connectivity index is 1.90. The maximum atomic E-state index is 12.0. The van der Waals surface area contributed by atoms with Gasteiger partial charge in [-0.05, 0) is 24.6 Å². The van der Waals surface area contributed by atoms with Crippen LogP contribution in [0.4, 0.5) is 5.69 Å². The predicted octanol–water partition coefficient (Wildman–Crippen LogP) is 0.482. The normalized spacial score (nSPS) is 13.1. The summed E-state index contributed by atoms with van der Waals surface area (Å²) in [6.45, 7) is 0.252. The number of aliphatic hydroxyl groups excluding tert-OH is 2. The number of H-pyrrole nitrogens is 1. The smallest absolute Gasteiger partial charge is 0.256 e. The van der Waals surface area contributed by atoms with Crippen LogP contribution in [-0.2, 0) is 9.59 Å². The number of benzene rings is 1. The molecule has 0 aliphatic carbocycles. The summed E-state index contributed by atoms with van der Waals surface area (Å²) in [5.74, 6) is -1.36. The van der Waals surface area contributed by atoms with Gasteiger partial charge in [0.15, 0.2) is 12.2 Å². The van der Waals surface area contributed by atoms with Crippen molar-refractivity contribution in [2.24, 2.45) is 0 Å². The summed E-state index contributed by atoms with van der Waals surface area (Å²) in [5.41, 5.74) is 2.01. The molecule has 0 aliphatic heterocycles. The molecule has 25 heavy (non-hydrogen) atoms. The van der Waals surface area contributed by atoms with Crippen LogP contribution in [0.3, 0.4) is 0 Å². The van der Waals surface area contributed by atoms with E-state index in [1.807, 2.05) is 0 Å². The third-order valence-corrected chi connectivity index (χ3v) is 3.66. The Labute approximate surface area is 149 Å². The van der Waals surface area contributed by atoms with E-state index in [1.54, 1.807) is 36.5 Å². The minimum atomic E-state index is -1.89. The van der Waals surface area contributed by atoms with Gasteiger partial charge in [-0.2, -0.15) is 5.10 Å². The number of carbonyl (C=O) groups is 2. The average molecular weight is 367 g/mol. The van der Waals surface area contributed by atoms with Gasteiger partial charge in [0.1, 0.15) is 0 Å². The highest BCUT2D eigenvalue weighted by Crippen LogP contribution is 2.19. The van der Waals surface area contributed by atoms with E-state index in [4.69, 9.17) is 11.6 Å². The van der Waals surface area contributed by atoms with Crippen LogP contribution >= 0.6 is 11.6 Å². The van der Waals surface area contributed by atoms with Crippen molar-refractivity contribution >= 4 is 29.1 Å². The highest BCUT2D eigenvalue weighted by molar-refractivity contribution is 6.17. The van der Waals surface area contributed by atoms with Crippen molar-refractivity contribution in [3.8, 4) is 11.3 Å². The molecule has 8 nitrogen and oxygen atoms in total. The number of hydrogen-bond acceptors (Lipinski definition) is 5. The number of anilines is 1. The Hall–Kier alpha value is -2.42. The lowest BCUT2D eigenvalue weighted by Gasteiger charge is -2.17. The summed E-state index contributed by atoms with van der Waals surface area (Å²) in [4.78, 5) is 23.6. The topological polar surface area (TPSA) is 127 Å². The molecule has 2 aromatic rings. The van der Waals surface area contributed by atoms with Gasteiger partial charge < -0.3 is 20.8 Å². The zero-order valence-electron chi connectivity index (χ0n) is 13.3. The molecule has 134 valence electrons. The fraction of sp³-hybridized carbons (Fsp3) is 0.312. The summed E-state index contributed by atoms with van der Waals surface area (Å²) in [7, 11) is 0. The van der Waals surface area contributed by atoms with E-state index < -0.39 is 24.0 Å². The van der Waals surface area contributed by atoms with Crippen molar-refractivity contribution in [3.05, 3.63) is 36.5 Å². The fourth-order valence-electron chi connectivity index (χ4n) is 2.03. The molecule has 0 spiro atoms. The number of hydrogen-bond donors (Lipinski definition) is 5.